The number of benzene rings is 2. The highest BCUT2D eigenvalue weighted by Crippen LogP contribution is 2.24. The average molecular weight is 493 g/mol. The molecule has 0 aliphatic heterocycles. The van der Waals surface area contributed by atoms with E-state index in [0.29, 0.717) is 27.3 Å². The molecule has 0 atom stereocenters. The standard InChI is InChI=1S/C21H19BrClN3O4/c1-21(2,3)20-25-16-6-4-13(22)9-15(16)19(29)26(20)24-10-12-8-14(23)5-7-17(12)30-11-18(27)28/h4-10H,11H2,1-3H3,(H,27,28). The Kier molecular flexibility index (Phi) is 6.28. The molecule has 0 amide bonds. The van der Waals surface area contributed by atoms with Crippen molar-refractivity contribution in [3.63, 3.8) is 0 Å². The largest absolute Gasteiger partial charge is 0.481 e. The fourth-order valence-corrected chi connectivity index (χ4v) is 3.29. The Balaban J connectivity index is 2.17. The van der Waals surface area contributed by atoms with Gasteiger partial charge in [-0.25, -0.2) is 9.78 Å². The molecule has 0 fully saturated rings. The van der Waals surface area contributed by atoms with E-state index in [-0.39, 0.29) is 11.3 Å². The maximum absolute atomic E-state index is 13.2. The molecule has 1 N–H and O–H groups in total. The van der Waals surface area contributed by atoms with Gasteiger partial charge in [-0.15, -0.1) is 0 Å². The van der Waals surface area contributed by atoms with Crippen molar-refractivity contribution < 1.29 is 14.6 Å². The molecular weight excluding hydrogens is 474 g/mol. The van der Waals surface area contributed by atoms with E-state index >= 15 is 0 Å². The molecule has 0 unspecified atom stereocenters. The first-order chi connectivity index (χ1) is 14.1. The Bertz CT molecular complexity index is 1220. The topological polar surface area (TPSA) is 93.8 Å². The van der Waals surface area contributed by atoms with E-state index in [1.165, 1.54) is 10.9 Å². The molecule has 0 saturated carbocycles. The van der Waals surface area contributed by atoms with Gasteiger partial charge in [0, 0.05) is 20.5 Å². The minimum absolute atomic E-state index is 0.285. The van der Waals surface area contributed by atoms with Crippen molar-refractivity contribution in [2.45, 2.75) is 26.2 Å². The van der Waals surface area contributed by atoms with Crippen LogP contribution in [0.5, 0.6) is 5.75 Å². The van der Waals surface area contributed by atoms with E-state index in [1.54, 1.807) is 30.3 Å². The van der Waals surface area contributed by atoms with Crippen molar-refractivity contribution in [1.29, 1.82) is 0 Å². The number of halogens is 2. The molecule has 1 heterocycles. The molecule has 0 bridgehead atoms. The van der Waals surface area contributed by atoms with Crippen LogP contribution in [-0.2, 0) is 10.2 Å². The van der Waals surface area contributed by atoms with Crippen molar-refractivity contribution in [1.82, 2.24) is 9.66 Å². The van der Waals surface area contributed by atoms with Gasteiger partial charge in [-0.1, -0.05) is 48.3 Å². The Morgan fingerprint density at radius 2 is 2.03 bits per heavy atom. The lowest BCUT2D eigenvalue weighted by Gasteiger charge is -2.21. The molecular formula is C21H19BrClN3O4. The number of fused-ring (bicyclic) bond motifs is 1. The predicted molar refractivity (Wildman–Crippen MR) is 120 cm³/mol. The first-order valence-corrected chi connectivity index (χ1v) is 10.1. The Hall–Kier alpha value is -2.71. The Labute approximate surface area is 186 Å². The zero-order valence-electron chi connectivity index (χ0n) is 16.5. The van der Waals surface area contributed by atoms with Gasteiger partial charge in [0.15, 0.2) is 6.61 Å². The third kappa shape index (κ3) is 4.88. The maximum Gasteiger partial charge on any atom is 0.341 e. The average Bonchev–Trinajstić information content (AvgIpc) is 2.66. The van der Waals surface area contributed by atoms with E-state index in [2.05, 4.69) is 26.0 Å². The predicted octanol–water partition coefficient (Wildman–Crippen LogP) is 4.46. The summed E-state index contributed by atoms with van der Waals surface area (Å²) in [4.78, 5) is 28.7. The fourth-order valence-electron chi connectivity index (χ4n) is 2.75. The van der Waals surface area contributed by atoms with Gasteiger partial charge in [0.1, 0.15) is 11.6 Å². The van der Waals surface area contributed by atoms with Gasteiger partial charge in [-0.05, 0) is 36.4 Å². The number of aromatic nitrogens is 2. The molecule has 30 heavy (non-hydrogen) atoms. The smallest absolute Gasteiger partial charge is 0.341 e. The van der Waals surface area contributed by atoms with E-state index in [9.17, 15) is 9.59 Å². The molecule has 0 aliphatic carbocycles. The van der Waals surface area contributed by atoms with Crippen LogP contribution in [-0.4, -0.2) is 33.6 Å². The van der Waals surface area contributed by atoms with E-state index in [1.807, 2.05) is 26.8 Å². The number of ether oxygens (including phenoxy) is 1. The van der Waals surface area contributed by atoms with Crippen molar-refractivity contribution in [3.05, 3.63) is 67.6 Å². The van der Waals surface area contributed by atoms with Crippen LogP contribution in [0.3, 0.4) is 0 Å². The van der Waals surface area contributed by atoms with Crippen molar-refractivity contribution >= 4 is 50.6 Å². The number of aliphatic carboxylic acids is 1. The second kappa shape index (κ2) is 8.57. The summed E-state index contributed by atoms with van der Waals surface area (Å²) >= 11 is 9.45. The number of nitrogens with zero attached hydrogens (tertiary/aromatic N) is 3. The maximum atomic E-state index is 13.2. The summed E-state index contributed by atoms with van der Waals surface area (Å²) in [5, 5.41) is 14.1. The van der Waals surface area contributed by atoms with E-state index in [0.717, 1.165) is 4.47 Å². The van der Waals surface area contributed by atoms with Crippen LogP contribution in [0, 0.1) is 0 Å². The summed E-state index contributed by atoms with van der Waals surface area (Å²) in [6.07, 6.45) is 1.41. The molecule has 7 nitrogen and oxygen atoms in total. The van der Waals surface area contributed by atoms with Crippen LogP contribution in [0.4, 0.5) is 0 Å². The molecule has 0 saturated heterocycles. The molecule has 1 aromatic heterocycles. The van der Waals surface area contributed by atoms with Crippen molar-refractivity contribution in [2.75, 3.05) is 6.61 Å². The highest BCUT2D eigenvalue weighted by atomic mass is 79.9. The van der Waals surface area contributed by atoms with Crippen LogP contribution in [0.25, 0.3) is 10.9 Å². The lowest BCUT2D eigenvalue weighted by molar-refractivity contribution is -0.139. The van der Waals surface area contributed by atoms with Crippen LogP contribution >= 0.6 is 27.5 Å². The molecule has 9 heteroatoms. The van der Waals surface area contributed by atoms with Crippen LogP contribution < -0.4 is 10.3 Å². The monoisotopic (exact) mass is 491 g/mol. The molecule has 156 valence electrons. The van der Waals surface area contributed by atoms with Gasteiger partial charge < -0.3 is 9.84 Å². The summed E-state index contributed by atoms with van der Waals surface area (Å²) in [6.45, 7) is 5.30. The van der Waals surface area contributed by atoms with Crippen LogP contribution in [0.1, 0.15) is 32.2 Å². The van der Waals surface area contributed by atoms with Gasteiger partial charge in [0.05, 0.1) is 17.1 Å². The van der Waals surface area contributed by atoms with Crippen molar-refractivity contribution in [3.8, 4) is 5.75 Å². The second-order valence-corrected chi connectivity index (χ2v) is 8.93. The van der Waals surface area contributed by atoms with Gasteiger partial charge in [-0.3, -0.25) is 4.79 Å². The number of carboxylic acid groups (broad SMARTS) is 1. The number of hydrogen-bond donors (Lipinski definition) is 1. The summed E-state index contributed by atoms with van der Waals surface area (Å²) in [6, 6.07) is 10.0. The Morgan fingerprint density at radius 3 is 2.70 bits per heavy atom. The van der Waals surface area contributed by atoms with Crippen LogP contribution in [0.15, 0.2) is 50.8 Å². The SMILES string of the molecule is CC(C)(C)c1nc2ccc(Br)cc2c(=O)n1N=Cc1cc(Cl)ccc1OCC(=O)O. The van der Waals surface area contributed by atoms with E-state index < -0.39 is 18.0 Å². The molecule has 3 rings (SSSR count). The minimum atomic E-state index is -1.11. The number of rotatable bonds is 5. The molecule has 0 radical (unpaired) electrons. The van der Waals surface area contributed by atoms with Gasteiger partial charge in [-0.2, -0.15) is 9.78 Å². The molecule has 2 aromatic carbocycles. The summed E-state index contributed by atoms with van der Waals surface area (Å²) in [5.74, 6) is -0.343. The first kappa shape index (κ1) is 22.0. The third-order valence-corrected chi connectivity index (χ3v) is 4.84. The van der Waals surface area contributed by atoms with Gasteiger partial charge >= 0.3 is 5.97 Å². The normalized spacial score (nSPS) is 11.9. The van der Waals surface area contributed by atoms with Gasteiger partial charge in [0.25, 0.3) is 5.56 Å². The first-order valence-electron chi connectivity index (χ1n) is 8.97. The summed E-state index contributed by atoms with van der Waals surface area (Å²) in [5.41, 5.74) is 0.226. The quantitative estimate of drug-likeness (QED) is 0.531. The Morgan fingerprint density at radius 1 is 1.30 bits per heavy atom. The second-order valence-electron chi connectivity index (χ2n) is 7.57. The zero-order valence-corrected chi connectivity index (χ0v) is 18.9. The fraction of sp³-hybridized carbons (Fsp3) is 0.238. The van der Waals surface area contributed by atoms with Crippen LogP contribution in [0.2, 0.25) is 5.02 Å². The summed E-state index contributed by atoms with van der Waals surface area (Å²) in [7, 11) is 0. The number of carboxylic acids is 1. The number of hydrogen-bond acceptors (Lipinski definition) is 5. The minimum Gasteiger partial charge on any atom is -0.481 e. The lowest BCUT2D eigenvalue weighted by atomic mass is 9.95. The third-order valence-electron chi connectivity index (χ3n) is 4.11. The molecule has 0 spiro atoms. The molecule has 3 aromatic rings. The lowest BCUT2D eigenvalue weighted by Crippen LogP contribution is -2.29. The number of carbonyl (C=O) groups is 1. The van der Waals surface area contributed by atoms with Crippen molar-refractivity contribution in [2.24, 2.45) is 5.10 Å². The van der Waals surface area contributed by atoms with Gasteiger partial charge in [0.2, 0.25) is 0 Å². The highest BCUT2D eigenvalue weighted by molar-refractivity contribution is 9.10. The molecule has 0 aliphatic rings. The summed E-state index contributed by atoms with van der Waals surface area (Å²) < 4.78 is 7.30. The zero-order chi connectivity index (χ0) is 22.1. The highest BCUT2D eigenvalue weighted by Gasteiger charge is 2.23. The van der Waals surface area contributed by atoms with E-state index in [4.69, 9.17) is 21.4 Å².